The van der Waals surface area contributed by atoms with Crippen molar-refractivity contribution in [3.8, 4) is 11.1 Å². The monoisotopic (exact) mass is 484 g/mol. The molecular formula is C19H24NO5PdS-. The number of para-hydroxylation sites is 1. The summed E-state index contributed by atoms with van der Waals surface area (Å²) in [6.45, 7) is 5.57. The maximum Gasteiger partial charge on any atom is 0.413 e. The first-order chi connectivity index (χ1) is 11.9. The van der Waals surface area contributed by atoms with Crippen molar-refractivity contribution in [2.45, 2.75) is 26.4 Å². The van der Waals surface area contributed by atoms with Gasteiger partial charge in [-0.2, -0.15) is 8.42 Å². The van der Waals surface area contributed by atoms with Crippen molar-refractivity contribution in [1.82, 2.24) is 0 Å². The van der Waals surface area contributed by atoms with Crippen molar-refractivity contribution >= 4 is 21.9 Å². The van der Waals surface area contributed by atoms with Gasteiger partial charge in [-0.1, -0.05) is 23.8 Å². The van der Waals surface area contributed by atoms with Crippen molar-refractivity contribution in [2.24, 2.45) is 0 Å². The van der Waals surface area contributed by atoms with Crippen LogP contribution in [0, 0.1) is 6.07 Å². The summed E-state index contributed by atoms with van der Waals surface area (Å²) in [6.07, 6.45) is 0.346. The quantitative estimate of drug-likeness (QED) is 0.395. The number of benzene rings is 2. The molecule has 0 aliphatic rings. The summed E-state index contributed by atoms with van der Waals surface area (Å²) in [5.41, 5.74) is 2.18. The molecule has 2 rings (SSSR count). The standard InChI is InChI=1S/C18H20NO2.CH4O3S.Pd/c1-18(2,3)21-17(20)19(4)16-13-9-8-12-15(16)14-10-6-5-7-11-14;1-5(2,3)4;/h5-10,12-13H,1-4H3;1H3,(H,2,3,4);/q-1;;. The van der Waals surface area contributed by atoms with E-state index in [0.29, 0.717) is 6.26 Å². The predicted molar refractivity (Wildman–Crippen MR) is 103 cm³/mol. The Kier molecular flexibility index (Phi) is 9.90. The summed E-state index contributed by atoms with van der Waals surface area (Å²) in [5, 5.41) is 0. The van der Waals surface area contributed by atoms with Gasteiger partial charge in [0.2, 0.25) is 0 Å². The van der Waals surface area contributed by atoms with Crippen LogP contribution in [0.3, 0.4) is 0 Å². The molecule has 2 aromatic carbocycles. The Morgan fingerprint density at radius 2 is 1.63 bits per heavy atom. The second-order valence-electron chi connectivity index (χ2n) is 6.57. The van der Waals surface area contributed by atoms with E-state index < -0.39 is 15.7 Å². The van der Waals surface area contributed by atoms with Crippen molar-refractivity contribution in [1.29, 1.82) is 0 Å². The maximum absolute atomic E-state index is 12.2. The van der Waals surface area contributed by atoms with Crippen LogP contribution in [0.25, 0.3) is 11.1 Å². The molecule has 0 radical (unpaired) electrons. The molecule has 0 aliphatic heterocycles. The van der Waals surface area contributed by atoms with E-state index >= 15 is 0 Å². The first-order valence-corrected chi connectivity index (χ1v) is 9.68. The van der Waals surface area contributed by atoms with E-state index in [-0.39, 0.29) is 26.5 Å². The van der Waals surface area contributed by atoms with Crippen LogP contribution in [-0.4, -0.2) is 38.0 Å². The van der Waals surface area contributed by atoms with Crippen molar-refractivity contribution in [3.05, 3.63) is 54.6 Å². The molecule has 0 atom stereocenters. The Bertz CT molecular complexity index is 825. The van der Waals surface area contributed by atoms with Crippen LogP contribution in [0.1, 0.15) is 20.8 Å². The SMILES string of the molecule is CN(C(=O)OC(C)(C)C)c1ccccc1-c1[c-]cccc1.CS(=O)(=O)O.[Pd]. The van der Waals surface area contributed by atoms with Crippen molar-refractivity contribution < 1.29 is 42.9 Å². The molecule has 8 heteroatoms. The number of carbonyl (C=O) groups is 1. The Morgan fingerprint density at radius 3 is 2.11 bits per heavy atom. The summed E-state index contributed by atoms with van der Waals surface area (Å²) in [4.78, 5) is 13.8. The molecule has 1 amide bonds. The second kappa shape index (κ2) is 10.6. The molecule has 0 aliphatic carbocycles. The largest absolute Gasteiger partial charge is 0.443 e. The van der Waals surface area contributed by atoms with Gasteiger partial charge in [-0.25, -0.2) is 4.79 Å². The number of hydrogen-bond donors (Lipinski definition) is 1. The summed E-state index contributed by atoms with van der Waals surface area (Å²) in [5.74, 6) is 0. The van der Waals surface area contributed by atoms with E-state index in [0.717, 1.165) is 16.8 Å². The second-order valence-corrected chi connectivity index (χ2v) is 8.03. The van der Waals surface area contributed by atoms with E-state index in [1.807, 2.05) is 69.3 Å². The van der Waals surface area contributed by atoms with Crippen molar-refractivity contribution in [2.75, 3.05) is 18.2 Å². The molecule has 27 heavy (non-hydrogen) atoms. The van der Waals surface area contributed by atoms with E-state index in [1.165, 1.54) is 4.90 Å². The maximum atomic E-state index is 12.2. The van der Waals surface area contributed by atoms with Crippen LogP contribution in [0.5, 0.6) is 0 Å². The van der Waals surface area contributed by atoms with Crippen LogP contribution >= 0.6 is 0 Å². The van der Waals surface area contributed by atoms with Gasteiger partial charge in [-0.05, 0) is 26.8 Å². The average Bonchev–Trinajstić information content (AvgIpc) is 2.52. The average molecular weight is 485 g/mol. The van der Waals surface area contributed by atoms with Gasteiger partial charge in [0.15, 0.2) is 0 Å². The zero-order valence-electron chi connectivity index (χ0n) is 15.9. The number of carbonyl (C=O) groups excluding carboxylic acids is 1. The van der Waals surface area contributed by atoms with E-state index in [4.69, 9.17) is 9.29 Å². The normalized spacial score (nSPS) is 10.7. The zero-order valence-corrected chi connectivity index (χ0v) is 18.2. The summed E-state index contributed by atoms with van der Waals surface area (Å²) in [6, 6.07) is 18.6. The van der Waals surface area contributed by atoms with Gasteiger partial charge in [-0.3, -0.25) is 9.45 Å². The molecule has 0 aromatic heterocycles. The number of rotatable bonds is 2. The Hall–Kier alpha value is -1.72. The Labute approximate surface area is 174 Å². The number of ether oxygens (including phenoxy) is 1. The topological polar surface area (TPSA) is 83.9 Å². The summed E-state index contributed by atoms with van der Waals surface area (Å²) >= 11 is 0. The first kappa shape index (κ1) is 25.3. The van der Waals surface area contributed by atoms with Gasteiger partial charge in [0.1, 0.15) is 5.60 Å². The first-order valence-electron chi connectivity index (χ1n) is 7.84. The molecule has 1 N–H and O–H groups in total. The third kappa shape index (κ3) is 10.3. The molecule has 2 aromatic rings. The zero-order chi connectivity index (χ0) is 20.0. The predicted octanol–water partition coefficient (Wildman–Crippen LogP) is 4.03. The van der Waals surface area contributed by atoms with Gasteiger partial charge in [-0.15, -0.1) is 35.9 Å². The molecule has 0 spiro atoms. The molecule has 0 fully saturated rings. The van der Waals surface area contributed by atoms with Gasteiger partial charge in [0.05, 0.1) is 6.26 Å². The number of nitrogens with zero attached hydrogens (tertiary/aromatic N) is 1. The van der Waals surface area contributed by atoms with Crippen LogP contribution in [0.2, 0.25) is 0 Å². The Balaban J connectivity index is 0.00000100. The Morgan fingerprint density at radius 1 is 1.11 bits per heavy atom. The van der Waals surface area contributed by atoms with Gasteiger partial charge in [0.25, 0.3) is 10.1 Å². The van der Waals surface area contributed by atoms with Gasteiger partial charge in [0, 0.05) is 33.2 Å². The third-order valence-electron chi connectivity index (χ3n) is 2.93. The number of hydrogen-bond acceptors (Lipinski definition) is 4. The molecule has 6 nitrogen and oxygen atoms in total. The van der Waals surface area contributed by atoms with E-state index in [1.54, 1.807) is 7.05 Å². The number of amides is 1. The van der Waals surface area contributed by atoms with Crippen LogP contribution in [0.15, 0.2) is 48.5 Å². The minimum Gasteiger partial charge on any atom is -0.443 e. The fourth-order valence-corrected chi connectivity index (χ4v) is 1.98. The van der Waals surface area contributed by atoms with Crippen molar-refractivity contribution in [3.63, 3.8) is 0 Å². The fraction of sp³-hybridized carbons (Fsp3) is 0.316. The smallest absolute Gasteiger partial charge is 0.413 e. The van der Waals surface area contributed by atoms with Crippen LogP contribution in [0.4, 0.5) is 10.5 Å². The summed E-state index contributed by atoms with van der Waals surface area (Å²) in [7, 11) is -1.95. The minimum absolute atomic E-state index is 0. The molecule has 152 valence electrons. The molecule has 0 heterocycles. The third-order valence-corrected chi connectivity index (χ3v) is 2.93. The van der Waals surface area contributed by atoms with Crippen LogP contribution in [-0.2, 0) is 35.3 Å². The van der Waals surface area contributed by atoms with Gasteiger partial charge < -0.3 is 4.74 Å². The van der Waals surface area contributed by atoms with Crippen LogP contribution < -0.4 is 4.90 Å². The summed E-state index contributed by atoms with van der Waals surface area (Å²) < 4.78 is 31.3. The molecule has 0 saturated carbocycles. The van der Waals surface area contributed by atoms with E-state index in [2.05, 4.69) is 6.07 Å². The van der Waals surface area contributed by atoms with Gasteiger partial charge >= 0.3 is 6.09 Å². The molecule has 0 saturated heterocycles. The molecule has 0 bridgehead atoms. The minimum atomic E-state index is -3.67. The molecule has 0 unspecified atom stereocenters. The fourth-order valence-electron chi connectivity index (χ4n) is 1.98. The molecular weight excluding hydrogens is 461 g/mol. The number of anilines is 1. The van der Waals surface area contributed by atoms with E-state index in [9.17, 15) is 13.2 Å².